The number of unbranched alkanes of at least 4 members (excludes halogenated alkanes) is 1. The Morgan fingerprint density at radius 3 is 2.64 bits per heavy atom. The molecule has 2 N–H and O–H groups in total. The number of benzene rings is 1. The van der Waals surface area contributed by atoms with Gasteiger partial charge in [-0.25, -0.2) is 9.98 Å². The smallest absolute Gasteiger partial charge is 0.191 e. The van der Waals surface area contributed by atoms with Gasteiger partial charge < -0.3 is 15.4 Å². The minimum atomic E-state index is 0.651. The average Bonchev–Trinajstić information content (AvgIpc) is 3.05. The molecule has 0 atom stereocenters. The SMILES string of the molecule is CCNC(=NCc1ccc(OC)cc1)NCCCCc1nc(C)cs1. The Morgan fingerprint density at radius 2 is 2.00 bits per heavy atom. The van der Waals surface area contributed by atoms with Crippen LogP contribution in [0.4, 0.5) is 0 Å². The molecule has 0 fully saturated rings. The molecule has 0 saturated carbocycles. The van der Waals surface area contributed by atoms with E-state index in [9.17, 15) is 0 Å². The quantitative estimate of drug-likeness (QED) is 0.408. The summed E-state index contributed by atoms with van der Waals surface area (Å²) in [7, 11) is 1.68. The van der Waals surface area contributed by atoms with Crippen molar-refractivity contribution in [3.8, 4) is 5.75 Å². The second-order valence-corrected chi connectivity index (χ2v) is 6.75. The molecule has 25 heavy (non-hydrogen) atoms. The molecular formula is C19H28N4OS. The number of guanidine groups is 1. The second kappa shape index (κ2) is 10.7. The van der Waals surface area contributed by atoms with Crippen molar-refractivity contribution in [1.29, 1.82) is 0 Å². The number of nitrogens with zero attached hydrogens (tertiary/aromatic N) is 2. The number of rotatable bonds is 9. The molecule has 0 radical (unpaired) electrons. The van der Waals surface area contributed by atoms with Crippen LogP contribution in [-0.4, -0.2) is 31.1 Å². The van der Waals surface area contributed by atoms with Gasteiger partial charge in [-0.05, 0) is 50.8 Å². The Labute approximate surface area is 154 Å². The van der Waals surface area contributed by atoms with Gasteiger partial charge in [0, 0.05) is 24.2 Å². The fourth-order valence-electron chi connectivity index (χ4n) is 2.37. The fraction of sp³-hybridized carbons (Fsp3) is 0.474. The zero-order valence-electron chi connectivity index (χ0n) is 15.3. The first-order valence-corrected chi connectivity index (χ1v) is 9.65. The van der Waals surface area contributed by atoms with Crippen LogP contribution in [0.3, 0.4) is 0 Å². The van der Waals surface area contributed by atoms with E-state index in [-0.39, 0.29) is 0 Å². The van der Waals surface area contributed by atoms with E-state index in [4.69, 9.17) is 4.74 Å². The highest BCUT2D eigenvalue weighted by molar-refractivity contribution is 7.09. The van der Waals surface area contributed by atoms with E-state index in [1.807, 2.05) is 31.2 Å². The lowest BCUT2D eigenvalue weighted by molar-refractivity contribution is 0.414. The van der Waals surface area contributed by atoms with E-state index in [0.717, 1.165) is 55.3 Å². The maximum absolute atomic E-state index is 5.18. The molecule has 0 amide bonds. The highest BCUT2D eigenvalue weighted by atomic mass is 32.1. The molecule has 5 nitrogen and oxygen atoms in total. The van der Waals surface area contributed by atoms with E-state index in [1.54, 1.807) is 18.4 Å². The van der Waals surface area contributed by atoms with Crippen molar-refractivity contribution in [2.75, 3.05) is 20.2 Å². The molecule has 136 valence electrons. The molecule has 1 heterocycles. The first-order chi connectivity index (χ1) is 12.2. The van der Waals surface area contributed by atoms with Crippen molar-refractivity contribution >= 4 is 17.3 Å². The van der Waals surface area contributed by atoms with Gasteiger partial charge in [0.15, 0.2) is 5.96 Å². The third-order valence-electron chi connectivity index (χ3n) is 3.70. The first-order valence-electron chi connectivity index (χ1n) is 8.77. The third-order valence-corrected chi connectivity index (χ3v) is 4.73. The lowest BCUT2D eigenvalue weighted by Gasteiger charge is -2.11. The Hall–Kier alpha value is -2.08. The third kappa shape index (κ3) is 7.13. The number of hydrogen-bond donors (Lipinski definition) is 2. The topological polar surface area (TPSA) is 58.5 Å². The molecule has 2 aromatic rings. The van der Waals surface area contributed by atoms with E-state index in [2.05, 4.69) is 32.9 Å². The highest BCUT2D eigenvalue weighted by Crippen LogP contribution is 2.12. The van der Waals surface area contributed by atoms with Crippen LogP contribution in [0.5, 0.6) is 5.75 Å². The van der Waals surface area contributed by atoms with Crippen LogP contribution >= 0.6 is 11.3 Å². The molecular weight excluding hydrogens is 332 g/mol. The number of aromatic nitrogens is 1. The van der Waals surface area contributed by atoms with Crippen LogP contribution in [-0.2, 0) is 13.0 Å². The minimum Gasteiger partial charge on any atom is -0.497 e. The van der Waals surface area contributed by atoms with Crippen LogP contribution < -0.4 is 15.4 Å². The normalized spacial score (nSPS) is 11.4. The zero-order chi connectivity index (χ0) is 17.9. The molecule has 0 unspecified atom stereocenters. The van der Waals surface area contributed by atoms with Gasteiger partial charge in [-0.1, -0.05) is 12.1 Å². The van der Waals surface area contributed by atoms with Gasteiger partial charge >= 0.3 is 0 Å². The molecule has 0 aliphatic rings. The molecule has 0 bridgehead atoms. The Morgan fingerprint density at radius 1 is 1.20 bits per heavy atom. The summed E-state index contributed by atoms with van der Waals surface area (Å²) >= 11 is 1.75. The molecule has 2 rings (SSSR count). The lowest BCUT2D eigenvalue weighted by atomic mass is 10.2. The largest absolute Gasteiger partial charge is 0.497 e. The summed E-state index contributed by atoms with van der Waals surface area (Å²) < 4.78 is 5.18. The van der Waals surface area contributed by atoms with Crippen LogP contribution in [0, 0.1) is 6.92 Å². The van der Waals surface area contributed by atoms with Gasteiger partial charge in [0.05, 0.1) is 18.7 Å². The molecule has 6 heteroatoms. The monoisotopic (exact) mass is 360 g/mol. The summed E-state index contributed by atoms with van der Waals surface area (Å²) in [4.78, 5) is 9.14. The maximum Gasteiger partial charge on any atom is 0.191 e. The number of thiazole rings is 1. The summed E-state index contributed by atoms with van der Waals surface area (Å²) in [6.45, 7) is 6.54. The summed E-state index contributed by atoms with van der Waals surface area (Å²) in [6.07, 6.45) is 3.29. The van der Waals surface area contributed by atoms with E-state index in [1.165, 1.54) is 5.01 Å². The second-order valence-electron chi connectivity index (χ2n) is 5.81. The van der Waals surface area contributed by atoms with Crippen LogP contribution in [0.15, 0.2) is 34.6 Å². The van der Waals surface area contributed by atoms with Crippen molar-refractivity contribution in [1.82, 2.24) is 15.6 Å². The minimum absolute atomic E-state index is 0.651. The van der Waals surface area contributed by atoms with Gasteiger partial charge in [0.2, 0.25) is 0 Å². The number of nitrogens with one attached hydrogen (secondary N) is 2. The predicted octanol–water partition coefficient (Wildman–Crippen LogP) is 3.54. The van der Waals surface area contributed by atoms with Crippen molar-refractivity contribution in [2.45, 2.75) is 39.7 Å². The highest BCUT2D eigenvalue weighted by Gasteiger charge is 2.00. The molecule has 0 aliphatic carbocycles. The number of aryl methyl sites for hydroxylation is 2. The van der Waals surface area contributed by atoms with Crippen molar-refractivity contribution in [2.24, 2.45) is 4.99 Å². The Kier molecular flexibility index (Phi) is 8.25. The van der Waals surface area contributed by atoms with Gasteiger partial charge in [-0.3, -0.25) is 0 Å². The molecule has 1 aromatic carbocycles. The van der Waals surface area contributed by atoms with Gasteiger partial charge in [-0.2, -0.15) is 0 Å². The standard InChI is InChI=1S/C19H28N4OS/c1-4-20-19(22-13-16-8-10-17(24-3)11-9-16)21-12-6-5-7-18-23-15(2)14-25-18/h8-11,14H,4-7,12-13H2,1-3H3,(H2,20,21,22). The van der Waals surface area contributed by atoms with Crippen LogP contribution in [0.2, 0.25) is 0 Å². The Balaban J connectivity index is 1.72. The van der Waals surface area contributed by atoms with Crippen molar-refractivity contribution < 1.29 is 4.74 Å². The van der Waals surface area contributed by atoms with E-state index >= 15 is 0 Å². The van der Waals surface area contributed by atoms with Crippen LogP contribution in [0.25, 0.3) is 0 Å². The maximum atomic E-state index is 5.18. The van der Waals surface area contributed by atoms with Gasteiger partial charge in [0.1, 0.15) is 5.75 Å². The van der Waals surface area contributed by atoms with Crippen molar-refractivity contribution in [3.05, 3.63) is 45.9 Å². The van der Waals surface area contributed by atoms with Crippen molar-refractivity contribution in [3.63, 3.8) is 0 Å². The van der Waals surface area contributed by atoms with E-state index < -0.39 is 0 Å². The predicted molar refractivity (Wildman–Crippen MR) is 106 cm³/mol. The molecule has 0 saturated heterocycles. The molecule has 1 aromatic heterocycles. The number of hydrogen-bond acceptors (Lipinski definition) is 4. The number of ether oxygens (including phenoxy) is 1. The average molecular weight is 361 g/mol. The summed E-state index contributed by atoms with van der Waals surface area (Å²) in [6, 6.07) is 8.01. The number of methoxy groups -OCH3 is 1. The zero-order valence-corrected chi connectivity index (χ0v) is 16.2. The summed E-state index contributed by atoms with van der Waals surface area (Å²) in [5, 5.41) is 10.0. The number of aliphatic imine (C=N–C) groups is 1. The van der Waals surface area contributed by atoms with Gasteiger partial charge in [-0.15, -0.1) is 11.3 Å². The fourth-order valence-corrected chi connectivity index (χ4v) is 3.19. The molecule has 0 aliphatic heterocycles. The molecule has 0 spiro atoms. The first kappa shape index (κ1) is 19.2. The van der Waals surface area contributed by atoms with Crippen LogP contribution in [0.1, 0.15) is 36.0 Å². The van der Waals surface area contributed by atoms with Gasteiger partial charge in [0.25, 0.3) is 0 Å². The Bertz CT molecular complexity index is 652. The lowest BCUT2D eigenvalue weighted by Crippen LogP contribution is -2.37. The summed E-state index contributed by atoms with van der Waals surface area (Å²) in [5.74, 6) is 1.73. The van der Waals surface area contributed by atoms with E-state index in [0.29, 0.717) is 6.54 Å². The summed E-state index contributed by atoms with van der Waals surface area (Å²) in [5.41, 5.74) is 2.29.